The highest BCUT2D eigenvalue weighted by Gasteiger charge is 2.21. The summed E-state index contributed by atoms with van der Waals surface area (Å²) in [5, 5.41) is 3.64. The van der Waals surface area contributed by atoms with Gasteiger partial charge in [-0.3, -0.25) is 4.90 Å². The van der Waals surface area contributed by atoms with Gasteiger partial charge >= 0.3 is 0 Å². The van der Waals surface area contributed by atoms with Crippen molar-refractivity contribution in [2.75, 3.05) is 19.6 Å². The molecule has 1 N–H and O–H groups in total. The van der Waals surface area contributed by atoms with Crippen molar-refractivity contribution in [3.8, 4) is 0 Å². The molecule has 1 aromatic heterocycles. The first-order valence-corrected chi connectivity index (χ1v) is 7.30. The summed E-state index contributed by atoms with van der Waals surface area (Å²) in [6, 6.07) is 3.20. The minimum Gasteiger partial charge on any atom is -0.472 e. The zero-order valence-electron chi connectivity index (χ0n) is 11.7. The maximum atomic E-state index is 5.21. The molecular weight excluding hydrogens is 224 g/mol. The molecule has 1 fully saturated rings. The number of furan rings is 1. The van der Waals surface area contributed by atoms with Crippen LogP contribution in [0.3, 0.4) is 0 Å². The van der Waals surface area contributed by atoms with Crippen LogP contribution < -0.4 is 5.32 Å². The van der Waals surface area contributed by atoms with E-state index in [1.807, 2.05) is 6.26 Å². The number of rotatable bonds is 6. The van der Waals surface area contributed by atoms with Crippen LogP contribution in [-0.4, -0.2) is 30.6 Å². The molecule has 3 heteroatoms. The second-order valence-corrected chi connectivity index (χ2v) is 5.37. The van der Waals surface area contributed by atoms with E-state index in [9.17, 15) is 0 Å². The van der Waals surface area contributed by atoms with Crippen LogP contribution in [0.2, 0.25) is 0 Å². The lowest BCUT2D eigenvalue weighted by Crippen LogP contribution is -2.44. The van der Waals surface area contributed by atoms with Crippen molar-refractivity contribution in [2.45, 2.75) is 51.6 Å². The fourth-order valence-electron chi connectivity index (χ4n) is 2.82. The monoisotopic (exact) mass is 250 g/mol. The predicted octanol–water partition coefficient (Wildman–Crippen LogP) is 3.19. The van der Waals surface area contributed by atoms with Gasteiger partial charge in [0.05, 0.1) is 12.5 Å². The lowest BCUT2D eigenvalue weighted by atomic mass is 10.0. The van der Waals surface area contributed by atoms with E-state index >= 15 is 0 Å². The summed E-state index contributed by atoms with van der Waals surface area (Å²) in [4.78, 5) is 2.58. The summed E-state index contributed by atoms with van der Waals surface area (Å²) in [6.45, 7) is 8.03. The topological polar surface area (TPSA) is 28.4 Å². The Kier molecular flexibility index (Phi) is 5.26. The molecule has 3 nitrogen and oxygen atoms in total. The molecular formula is C15H26N2O. The molecule has 102 valence electrons. The summed E-state index contributed by atoms with van der Waals surface area (Å²) < 4.78 is 5.21. The Bertz CT molecular complexity index is 317. The average Bonchev–Trinajstić information content (AvgIpc) is 2.92. The molecule has 1 aliphatic heterocycles. The third kappa shape index (κ3) is 3.59. The molecule has 2 heterocycles. The van der Waals surface area contributed by atoms with Crippen molar-refractivity contribution in [3.63, 3.8) is 0 Å². The Balaban J connectivity index is 1.93. The van der Waals surface area contributed by atoms with Gasteiger partial charge in [-0.2, -0.15) is 0 Å². The van der Waals surface area contributed by atoms with Gasteiger partial charge in [-0.1, -0.05) is 13.3 Å². The van der Waals surface area contributed by atoms with Crippen molar-refractivity contribution >= 4 is 0 Å². The minimum atomic E-state index is 0.451. The van der Waals surface area contributed by atoms with Gasteiger partial charge in [-0.05, 0) is 45.3 Å². The third-order valence-corrected chi connectivity index (χ3v) is 3.95. The third-order valence-electron chi connectivity index (χ3n) is 3.95. The Labute approximate surface area is 111 Å². The molecule has 2 unspecified atom stereocenters. The Morgan fingerprint density at radius 3 is 3.00 bits per heavy atom. The maximum absolute atomic E-state index is 5.21. The van der Waals surface area contributed by atoms with E-state index in [2.05, 4.69) is 30.1 Å². The molecule has 0 spiro atoms. The first-order valence-electron chi connectivity index (χ1n) is 7.30. The van der Waals surface area contributed by atoms with E-state index in [1.165, 1.54) is 37.8 Å². The molecule has 1 aliphatic rings. The molecule has 0 aromatic carbocycles. The lowest BCUT2D eigenvalue weighted by Gasteiger charge is -2.34. The van der Waals surface area contributed by atoms with Crippen LogP contribution in [0.15, 0.2) is 23.0 Å². The van der Waals surface area contributed by atoms with Crippen LogP contribution in [0.5, 0.6) is 0 Å². The van der Waals surface area contributed by atoms with Gasteiger partial charge in [0.15, 0.2) is 0 Å². The largest absolute Gasteiger partial charge is 0.472 e. The van der Waals surface area contributed by atoms with Crippen molar-refractivity contribution in [2.24, 2.45) is 0 Å². The van der Waals surface area contributed by atoms with E-state index in [0.29, 0.717) is 12.1 Å². The van der Waals surface area contributed by atoms with E-state index < -0.39 is 0 Å². The second kappa shape index (κ2) is 6.95. The fourth-order valence-corrected chi connectivity index (χ4v) is 2.82. The first-order chi connectivity index (χ1) is 8.81. The number of hydrogen-bond donors (Lipinski definition) is 1. The number of piperidine rings is 1. The predicted molar refractivity (Wildman–Crippen MR) is 74.6 cm³/mol. The van der Waals surface area contributed by atoms with Crippen molar-refractivity contribution in [3.05, 3.63) is 24.2 Å². The van der Waals surface area contributed by atoms with Crippen molar-refractivity contribution in [1.29, 1.82) is 0 Å². The van der Waals surface area contributed by atoms with Gasteiger partial charge in [0, 0.05) is 24.2 Å². The molecule has 0 saturated carbocycles. The Morgan fingerprint density at radius 2 is 2.39 bits per heavy atom. The number of nitrogens with zero attached hydrogens (tertiary/aromatic N) is 1. The Morgan fingerprint density at radius 1 is 1.50 bits per heavy atom. The van der Waals surface area contributed by atoms with Gasteiger partial charge in [-0.25, -0.2) is 0 Å². The quantitative estimate of drug-likeness (QED) is 0.840. The molecule has 1 aromatic rings. The zero-order valence-corrected chi connectivity index (χ0v) is 11.7. The minimum absolute atomic E-state index is 0.451. The first kappa shape index (κ1) is 13.6. The van der Waals surface area contributed by atoms with Crippen LogP contribution in [0.1, 0.15) is 51.1 Å². The van der Waals surface area contributed by atoms with Crippen LogP contribution in [-0.2, 0) is 0 Å². The SMILES string of the molecule is CCCN(CC1CCCCN1)C(C)c1ccoc1. The second-order valence-electron chi connectivity index (χ2n) is 5.37. The smallest absolute Gasteiger partial charge is 0.0950 e. The molecule has 2 atom stereocenters. The van der Waals surface area contributed by atoms with Gasteiger partial charge in [0.25, 0.3) is 0 Å². The normalized spacial score (nSPS) is 22.3. The summed E-state index contributed by atoms with van der Waals surface area (Å²) in [6.07, 6.45) is 8.88. The van der Waals surface area contributed by atoms with Crippen LogP contribution in [0.4, 0.5) is 0 Å². The molecule has 0 aliphatic carbocycles. The standard InChI is InChI=1S/C15H26N2O/c1-3-9-17(11-15-6-4-5-8-16-15)13(2)14-7-10-18-12-14/h7,10,12-13,15-16H,3-6,8-9,11H2,1-2H3. The highest BCUT2D eigenvalue weighted by atomic mass is 16.3. The highest BCUT2D eigenvalue weighted by molar-refractivity contribution is 5.10. The van der Waals surface area contributed by atoms with Gasteiger partial charge in [0.2, 0.25) is 0 Å². The fraction of sp³-hybridized carbons (Fsp3) is 0.733. The Hall–Kier alpha value is -0.800. The van der Waals surface area contributed by atoms with Gasteiger partial charge in [0.1, 0.15) is 0 Å². The van der Waals surface area contributed by atoms with E-state index in [1.54, 1.807) is 6.26 Å². The molecule has 0 radical (unpaired) electrons. The summed E-state index contributed by atoms with van der Waals surface area (Å²) >= 11 is 0. The molecule has 0 amide bonds. The highest BCUT2D eigenvalue weighted by Crippen LogP contribution is 2.22. The van der Waals surface area contributed by atoms with Crippen LogP contribution in [0.25, 0.3) is 0 Å². The number of nitrogens with one attached hydrogen (secondary N) is 1. The number of hydrogen-bond acceptors (Lipinski definition) is 3. The summed E-state index contributed by atoms with van der Waals surface area (Å²) in [7, 11) is 0. The van der Waals surface area contributed by atoms with Crippen molar-refractivity contribution in [1.82, 2.24) is 10.2 Å². The molecule has 18 heavy (non-hydrogen) atoms. The molecule has 1 saturated heterocycles. The summed E-state index contributed by atoms with van der Waals surface area (Å²) in [5.74, 6) is 0. The average molecular weight is 250 g/mol. The van der Waals surface area contributed by atoms with Crippen LogP contribution >= 0.6 is 0 Å². The van der Waals surface area contributed by atoms with Crippen LogP contribution in [0, 0.1) is 0 Å². The van der Waals surface area contributed by atoms with E-state index in [-0.39, 0.29) is 0 Å². The molecule has 0 bridgehead atoms. The van der Waals surface area contributed by atoms with Gasteiger partial charge in [-0.15, -0.1) is 0 Å². The van der Waals surface area contributed by atoms with E-state index in [0.717, 1.165) is 13.1 Å². The zero-order chi connectivity index (χ0) is 12.8. The molecule has 2 rings (SSSR count). The van der Waals surface area contributed by atoms with Crippen molar-refractivity contribution < 1.29 is 4.42 Å². The van der Waals surface area contributed by atoms with E-state index in [4.69, 9.17) is 4.42 Å². The van der Waals surface area contributed by atoms with Gasteiger partial charge < -0.3 is 9.73 Å². The summed E-state index contributed by atoms with van der Waals surface area (Å²) in [5.41, 5.74) is 1.29. The maximum Gasteiger partial charge on any atom is 0.0950 e. The lowest BCUT2D eigenvalue weighted by molar-refractivity contribution is 0.175.